The monoisotopic (exact) mass is 261 g/mol. The summed E-state index contributed by atoms with van der Waals surface area (Å²) < 4.78 is 11.3. The molecule has 2 aliphatic rings. The fraction of sp³-hybridized carbons (Fsp3) is 0.917. The molecule has 2 rings (SSSR count). The lowest BCUT2D eigenvalue weighted by Gasteiger charge is -2.35. The molecule has 5 heteroatoms. The molecule has 2 saturated heterocycles. The molecule has 0 aromatic heterocycles. The minimum Gasteiger partial charge on any atom is -0.381 e. The van der Waals surface area contributed by atoms with E-state index in [0.717, 1.165) is 39.0 Å². The Kier molecular flexibility index (Phi) is 4.28. The number of hydrogen-bond donors (Lipinski definition) is 0. The van der Waals surface area contributed by atoms with Gasteiger partial charge in [-0.15, -0.1) is 11.6 Å². The first-order chi connectivity index (χ1) is 8.13. The van der Waals surface area contributed by atoms with Gasteiger partial charge >= 0.3 is 0 Å². The Balaban J connectivity index is 1.95. The van der Waals surface area contributed by atoms with E-state index < -0.39 is 5.38 Å². The maximum Gasteiger partial charge on any atom is 0.240 e. The van der Waals surface area contributed by atoms with Gasteiger partial charge in [-0.25, -0.2) is 0 Å². The normalized spacial score (nSPS) is 26.6. The van der Waals surface area contributed by atoms with Gasteiger partial charge in [0.25, 0.3) is 0 Å². The maximum absolute atomic E-state index is 11.8. The second-order valence-corrected chi connectivity index (χ2v) is 5.49. The topological polar surface area (TPSA) is 38.8 Å². The third-order valence-corrected chi connectivity index (χ3v) is 3.85. The Hall–Kier alpha value is -0.320. The summed E-state index contributed by atoms with van der Waals surface area (Å²) in [7, 11) is 0. The van der Waals surface area contributed by atoms with Gasteiger partial charge in [-0.2, -0.15) is 0 Å². The molecule has 0 aromatic carbocycles. The molecule has 2 heterocycles. The first kappa shape index (κ1) is 13.1. The first-order valence-electron chi connectivity index (χ1n) is 6.28. The van der Waals surface area contributed by atoms with Crippen LogP contribution in [-0.4, -0.2) is 54.7 Å². The number of nitrogens with zero attached hydrogens (tertiary/aromatic N) is 1. The summed E-state index contributed by atoms with van der Waals surface area (Å²) in [6.07, 6.45) is 2.77. The molecule has 1 spiro atoms. The van der Waals surface area contributed by atoms with Crippen LogP contribution in [0.4, 0.5) is 0 Å². The van der Waals surface area contributed by atoms with E-state index in [2.05, 4.69) is 0 Å². The minimum absolute atomic E-state index is 0.0133. The number of amides is 1. The van der Waals surface area contributed by atoms with Crippen molar-refractivity contribution in [3.63, 3.8) is 0 Å². The summed E-state index contributed by atoms with van der Waals surface area (Å²) in [4.78, 5) is 13.7. The van der Waals surface area contributed by atoms with Crippen molar-refractivity contribution < 1.29 is 14.3 Å². The molecule has 1 unspecified atom stereocenters. The van der Waals surface area contributed by atoms with Gasteiger partial charge in [0, 0.05) is 26.3 Å². The fourth-order valence-electron chi connectivity index (χ4n) is 2.50. The van der Waals surface area contributed by atoms with Crippen LogP contribution in [-0.2, 0) is 14.3 Å². The smallest absolute Gasteiger partial charge is 0.240 e. The van der Waals surface area contributed by atoms with Crippen molar-refractivity contribution in [3.8, 4) is 0 Å². The number of halogens is 1. The molecule has 0 aliphatic carbocycles. The lowest BCUT2D eigenvalue weighted by molar-refractivity contribution is -0.130. The van der Waals surface area contributed by atoms with E-state index in [0.29, 0.717) is 13.2 Å². The molecule has 0 N–H and O–H groups in total. The molecule has 1 amide bonds. The second kappa shape index (κ2) is 5.55. The number of carbonyl (C=O) groups is 1. The van der Waals surface area contributed by atoms with Crippen LogP contribution in [0.3, 0.4) is 0 Å². The van der Waals surface area contributed by atoms with E-state index in [9.17, 15) is 4.79 Å². The molecular weight excluding hydrogens is 242 g/mol. The highest BCUT2D eigenvalue weighted by Crippen LogP contribution is 2.30. The molecule has 1 atom stereocenters. The number of hydrogen-bond acceptors (Lipinski definition) is 3. The lowest BCUT2D eigenvalue weighted by atomic mass is 9.90. The standard InChI is InChI=1S/C12H20ClNO3/c1-10(13)11(15)14-5-2-12(17-9-6-14)3-7-16-8-4-12/h10H,2-9H2,1H3. The van der Waals surface area contributed by atoms with Crippen molar-refractivity contribution in [2.24, 2.45) is 0 Å². The number of rotatable bonds is 1. The van der Waals surface area contributed by atoms with Gasteiger partial charge in [-0.05, 0) is 26.2 Å². The van der Waals surface area contributed by atoms with Crippen LogP contribution in [0.2, 0.25) is 0 Å². The van der Waals surface area contributed by atoms with Crippen molar-refractivity contribution in [2.45, 2.75) is 37.2 Å². The number of alkyl halides is 1. The summed E-state index contributed by atoms with van der Waals surface area (Å²) >= 11 is 5.84. The summed E-state index contributed by atoms with van der Waals surface area (Å²) in [6.45, 7) is 5.25. The predicted octanol–water partition coefficient (Wildman–Crippen LogP) is 1.41. The van der Waals surface area contributed by atoms with E-state index in [4.69, 9.17) is 21.1 Å². The largest absolute Gasteiger partial charge is 0.381 e. The van der Waals surface area contributed by atoms with Gasteiger partial charge in [-0.3, -0.25) is 4.79 Å². The van der Waals surface area contributed by atoms with Gasteiger partial charge in [0.15, 0.2) is 0 Å². The van der Waals surface area contributed by atoms with Crippen LogP contribution in [0.5, 0.6) is 0 Å². The molecule has 4 nitrogen and oxygen atoms in total. The van der Waals surface area contributed by atoms with E-state index in [1.807, 2.05) is 4.90 Å². The predicted molar refractivity (Wildman–Crippen MR) is 65.2 cm³/mol. The van der Waals surface area contributed by atoms with Crippen molar-refractivity contribution in [2.75, 3.05) is 32.9 Å². The van der Waals surface area contributed by atoms with Gasteiger partial charge in [0.2, 0.25) is 5.91 Å². The van der Waals surface area contributed by atoms with Crippen LogP contribution in [0.15, 0.2) is 0 Å². The average molecular weight is 262 g/mol. The van der Waals surface area contributed by atoms with Gasteiger partial charge in [0.05, 0.1) is 12.2 Å². The Morgan fingerprint density at radius 2 is 1.94 bits per heavy atom. The molecule has 17 heavy (non-hydrogen) atoms. The zero-order valence-electron chi connectivity index (χ0n) is 10.3. The second-order valence-electron chi connectivity index (χ2n) is 4.84. The van der Waals surface area contributed by atoms with Gasteiger partial charge in [-0.1, -0.05) is 0 Å². The molecule has 98 valence electrons. The van der Waals surface area contributed by atoms with E-state index in [1.165, 1.54) is 0 Å². The summed E-state index contributed by atoms with van der Waals surface area (Å²) in [5.74, 6) is 0.0133. The van der Waals surface area contributed by atoms with Crippen LogP contribution >= 0.6 is 11.6 Å². The molecule has 0 saturated carbocycles. The molecule has 2 fully saturated rings. The highest BCUT2D eigenvalue weighted by atomic mass is 35.5. The third-order valence-electron chi connectivity index (χ3n) is 3.66. The Bertz CT molecular complexity index is 277. The van der Waals surface area contributed by atoms with Crippen LogP contribution in [0.25, 0.3) is 0 Å². The zero-order chi connectivity index (χ0) is 12.3. The molecule has 0 radical (unpaired) electrons. The summed E-state index contributed by atoms with van der Waals surface area (Å²) in [6, 6.07) is 0. The van der Waals surface area contributed by atoms with E-state index in [1.54, 1.807) is 6.92 Å². The molecule has 0 bridgehead atoms. The number of carbonyl (C=O) groups excluding carboxylic acids is 1. The van der Waals surface area contributed by atoms with Crippen LogP contribution in [0.1, 0.15) is 26.2 Å². The fourth-order valence-corrected chi connectivity index (χ4v) is 2.64. The zero-order valence-corrected chi connectivity index (χ0v) is 11.0. The Morgan fingerprint density at radius 1 is 1.24 bits per heavy atom. The molecular formula is C12H20ClNO3. The van der Waals surface area contributed by atoms with Crippen LogP contribution < -0.4 is 0 Å². The first-order valence-corrected chi connectivity index (χ1v) is 6.71. The van der Waals surface area contributed by atoms with Crippen molar-refractivity contribution in [1.82, 2.24) is 4.90 Å². The highest BCUT2D eigenvalue weighted by Gasteiger charge is 2.36. The Labute approximate surface area is 107 Å². The number of ether oxygens (including phenoxy) is 2. The van der Waals surface area contributed by atoms with Crippen molar-refractivity contribution in [1.29, 1.82) is 0 Å². The van der Waals surface area contributed by atoms with Gasteiger partial charge < -0.3 is 14.4 Å². The minimum atomic E-state index is -0.446. The molecule has 0 aromatic rings. The third kappa shape index (κ3) is 3.12. The van der Waals surface area contributed by atoms with Crippen LogP contribution in [0, 0.1) is 0 Å². The highest BCUT2D eigenvalue weighted by molar-refractivity contribution is 6.30. The lowest BCUT2D eigenvalue weighted by Crippen LogP contribution is -2.40. The Morgan fingerprint density at radius 3 is 2.59 bits per heavy atom. The maximum atomic E-state index is 11.8. The average Bonchev–Trinajstić information content (AvgIpc) is 2.52. The van der Waals surface area contributed by atoms with Gasteiger partial charge in [0.1, 0.15) is 5.38 Å². The summed E-state index contributed by atoms with van der Waals surface area (Å²) in [5.41, 5.74) is -0.0666. The van der Waals surface area contributed by atoms with E-state index in [-0.39, 0.29) is 11.5 Å². The summed E-state index contributed by atoms with van der Waals surface area (Å²) in [5, 5.41) is -0.446. The quantitative estimate of drug-likeness (QED) is 0.670. The SMILES string of the molecule is CC(Cl)C(=O)N1CCOC2(CCOCC2)CC1. The molecule has 2 aliphatic heterocycles. The van der Waals surface area contributed by atoms with E-state index >= 15 is 0 Å². The van der Waals surface area contributed by atoms with Crippen molar-refractivity contribution in [3.05, 3.63) is 0 Å². The van der Waals surface area contributed by atoms with Crippen molar-refractivity contribution >= 4 is 17.5 Å².